The molecule has 0 amide bonds. The van der Waals surface area contributed by atoms with Gasteiger partial charge in [0.15, 0.2) is 5.11 Å². The molecule has 1 atom stereocenters. The van der Waals surface area contributed by atoms with Crippen molar-refractivity contribution < 1.29 is 4.74 Å². The van der Waals surface area contributed by atoms with Gasteiger partial charge >= 0.3 is 0 Å². The quantitative estimate of drug-likeness (QED) is 0.776. The van der Waals surface area contributed by atoms with Crippen LogP contribution in [0.15, 0.2) is 24.3 Å². The minimum absolute atomic E-state index is 0.422. The van der Waals surface area contributed by atoms with Crippen LogP contribution in [-0.4, -0.2) is 18.3 Å². The molecule has 0 bridgehead atoms. The monoisotopic (exact) mass is 266 g/mol. The topological polar surface area (TPSA) is 33.3 Å². The zero-order valence-electron chi connectivity index (χ0n) is 11.3. The molecule has 0 aliphatic heterocycles. The first-order valence-corrected chi connectivity index (χ1v) is 6.73. The molecule has 1 rings (SSSR count). The second kappa shape index (κ2) is 7.93. The van der Waals surface area contributed by atoms with Gasteiger partial charge in [0, 0.05) is 12.6 Å². The number of nitrogens with one attached hydrogen (secondary N) is 2. The highest BCUT2D eigenvalue weighted by molar-refractivity contribution is 7.80. The zero-order chi connectivity index (χ0) is 13.4. The van der Waals surface area contributed by atoms with Gasteiger partial charge < -0.3 is 15.4 Å². The molecule has 0 saturated carbocycles. The van der Waals surface area contributed by atoms with E-state index in [1.54, 1.807) is 7.11 Å². The van der Waals surface area contributed by atoms with Crippen molar-refractivity contribution in [3.05, 3.63) is 29.8 Å². The largest absolute Gasteiger partial charge is 0.497 e. The number of thiocarbonyl (C=S) groups is 1. The van der Waals surface area contributed by atoms with Crippen molar-refractivity contribution in [3.8, 4) is 5.75 Å². The molecule has 0 aliphatic carbocycles. The van der Waals surface area contributed by atoms with Gasteiger partial charge in [0.2, 0.25) is 0 Å². The lowest BCUT2D eigenvalue weighted by atomic mass is 10.2. The van der Waals surface area contributed by atoms with Crippen LogP contribution in [0.25, 0.3) is 0 Å². The Morgan fingerprint density at radius 2 is 2.00 bits per heavy atom. The van der Waals surface area contributed by atoms with Crippen LogP contribution in [-0.2, 0) is 6.54 Å². The van der Waals surface area contributed by atoms with Gasteiger partial charge in [0.1, 0.15) is 5.75 Å². The number of hydrogen-bond acceptors (Lipinski definition) is 2. The third-order valence-corrected chi connectivity index (χ3v) is 2.97. The summed E-state index contributed by atoms with van der Waals surface area (Å²) in [5.41, 5.74) is 1.18. The molecular formula is C14H22N2OS. The van der Waals surface area contributed by atoms with E-state index in [1.165, 1.54) is 5.56 Å². The normalized spacial score (nSPS) is 11.7. The van der Waals surface area contributed by atoms with Gasteiger partial charge in [-0.1, -0.05) is 25.5 Å². The first-order valence-electron chi connectivity index (χ1n) is 6.33. The summed E-state index contributed by atoms with van der Waals surface area (Å²) in [4.78, 5) is 0. The van der Waals surface area contributed by atoms with Crippen molar-refractivity contribution in [1.29, 1.82) is 0 Å². The molecule has 0 fully saturated rings. The van der Waals surface area contributed by atoms with Gasteiger partial charge in [-0.3, -0.25) is 0 Å². The predicted molar refractivity (Wildman–Crippen MR) is 79.9 cm³/mol. The molecule has 0 aliphatic rings. The van der Waals surface area contributed by atoms with Gasteiger partial charge in [0.05, 0.1) is 7.11 Å². The Hall–Kier alpha value is -1.29. The van der Waals surface area contributed by atoms with Gasteiger partial charge in [-0.2, -0.15) is 0 Å². The van der Waals surface area contributed by atoms with Crippen molar-refractivity contribution >= 4 is 17.3 Å². The SMILES string of the molecule is CCC[C@@H](C)NC(=S)NCc1ccc(OC)cc1. The zero-order valence-corrected chi connectivity index (χ0v) is 12.1. The Balaban J connectivity index is 2.33. The van der Waals surface area contributed by atoms with E-state index < -0.39 is 0 Å². The third kappa shape index (κ3) is 5.36. The smallest absolute Gasteiger partial charge is 0.166 e. The van der Waals surface area contributed by atoms with Crippen molar-refractivity contribution in [1.82, 2.24) is 10.6 Å². The minimum atomic E-state index is 0.422. The summed E-state index contributed by atoms with van der Waals surface area (Å²) >= 11 is 5.25. The fraction of sp³-hybridized carbons (Fsp3) is 0.500. The molecular weight excluding hydrogens is 244 g/mol. The molecule has 18 heavy (non-hydrogen) atoms. The molecule has 1 aromatic carbocycles. The van der Waals surface area contributed by atoms with E-state index in [-0.39, 0.29) is 0 Å². The lowest BCUT2D eigenvalue weighted by Gasteiger charge is -2.16. The summed E-state index contributed by atoms with van der Waals surface area (Å²) in [7, 11) is 1.67. The number of hydrogen-bond donors (Lipinski definition) is 2. The standard InChI is InChI=1S/C14H22N2OS/c1-4-5-11(2)16-14(18)15-10-12-6-8-13(17-3)9-7-12/h6-9,11H,4-5,10H2,1-3H3,(H2,15,16,18)/t11-/m1/s1. The van der Waals surface area contributed by atoms with Crippen LogP contribution in [0.3, 0.4) is 0 Å². The summed E-state index contributed by atoms with van der Waals surface area (Å²) in [5, 5.41) is 7.19. The average molecular weight is 266 g/mol. The molecule has 4 heteroatoms. The fourth-order valence-electron chi connectivity index (χ4n) is 1.71. The number of benzene rings is 1. The predicted octanol–water partition coefficient (Wildman–Crippen LogP) is 2.85. The van der Waals surface area contributed by atoms with E-state index in [0.29, 0.717) is 11.2 Å². The second-order valence-electron chi connectivity index (χ2n) is 4.36. The Kier molecular flexibility index (Phi) is 6.50. The van der Waals surface area contributed by atoms with Crippen molar-refractivity contribution in [3.63, 3.8) is 0 Å². The molecule has 0 saturated heterocycles. The van der Waals surface area contributed by atoms with Crippen LogP contribution in [0.5, 0.6) is 5.75 Å². The number of methoxy groups -OCH3 is 1. The number of ether oxygens (including phenoxy) is 1. The van der Waals surface area contributed by atoms with Crippen LogP contribution in [0, 0.1) is 0 Å². The first kappa shape index (κ1) is 14.8. The highest BCUT2D eigenvalue weighted by Crippen LogP contribution is 2.10. The van der Waals surface area contributed by atoms with Gasteiger partial charge in [-0.05, 0) is 43.3 Å². The van der Waals surface area contributed by atoms with E-state index >= 15 is 0 Å². The summed E-state index contributed by atoms with van der Waals surface area (Å²) < 4.78 is 5.12. The van der Waals surface area contributed by atoms with E-state index in [1.807, 2.05) is 24.3 Å². The van der Waals surface area contributed by atoms with E-state index in [0.717, 1.165) is 25.1 Å². The molecule has 1 aromatic rings. The van der Waals surface area contributed by atoms with E-state index in [2.05, 4.69) is 24.5 Å². The maximum absolute atomic E-state index is 5.25. The Labute approximate surface area is 115 Å². The van der Waals surface area contributed by atoms with Crippen LogP contribution in [0.2, 0.25) is 0 Å². The summed E-state index contributed by atoms with van der Waals surface area (Å²) in [6.07, 6.45) is 2.29. The van der Waals surface area contributed by atoms with Crippen LogP contribution in [0.4, 0.5) is 0 Å². The second-order valence-corrected chi connectivity index (χ2v) is 4.77. The van der Waals surface area contributed by atoms with Crippen LogP contribution >= 0.6 is 12.2 Å². The highest BCUT2D eigenvalue weighted by Gasteiger charge is 2.02. The van der Waals surface area contributed by atoms with Crippen molar-refractivity contribution in [2.75, 3.05) is 7.11 Å². The summed E-state index contributed by atoms with van der Waals surface area (Å²) in [6.45, 7) is 5.05. The molecule has 2 N–H and O–H groups in total. The lowest BCUT2D eigenvalue weighted by molar-refractivity contribution is 0.414. The average Bonchev–Trinajstić information content (AvgIpc) is 2.37. The van der Waals surface area contributed by atoms with Crippen molar-refractivity contribution in [2.24, 2.45) is 0 Å². The summed E-state index contributed by atoms with van der Waals surface area (Å²) in [5.74, 6) is 0.871. The van der Waals surface area contributed by atoms with Crippen LogP contribution < -0.4 is 15.4 Å². The van der Waals surface area contributed by atoms with Gasteiger partial charge in [0.25, 0.3) is 0 Å². The molecule has 0 radical (unpaired) electrons. The Morgan fingerprint density at radius 1 is 1.33 bits per heavy atom. The van der Waals surface area contributed by atoms with Gasteiger partial charge in [-0.15, -0.1) is 0 Å². The molecule has 0 spiro atoms. The maximum atomic E-state index is 5.25. The molecule has 0 aromatic heterocycles. The fourth-order valence-corrected chi connectivity index (χ4v) is 1.98. The third-order valence-electron chi connectivity index (χ3n) is 2.71. The van der Waals surface area contributed by atoms with Crippen LogP contribution in [0.1, 0.15) is 32.3 Å². The first-order chi connectivity index (χ1) is 8.65. The Morgan fingerprint density at radius 3 is 2.56 bits per heavy atom. The highest BCUT2D eigenvalue weighted by atomic mass is 32.1. The van der Waals surface area contributed by atoms with E-state index in [9.17, 15) is 0 Å². The molecule has 0 heterocycles. The van der Waals surface area contributed by atoms with Crippen molar-refractivity contribution in [2.45, 2.75) is 39.3 Å². The number of rotatable bonds is 6. The van der Waals surface area contributed by atoms with E-state index in [4.69, 9.17) is 17.0 Å². The summed E-state index contributed by atoms with van der Waals surface area (Å²) in [6, 6.07) is 8.39. The lowest BCUT2D eigenvalue weighted by Crippen LogP contribution is -2.40. The van der Waals surface area contributed by atoms with Gasteiger partial charge in [-0.25, -0.2) is 0 Å². The Bertz CT molecular complexity index is 365. The molecule has 100 valence electrons. The minimum Gasteiger partial charge on any atom is -0.497 e. The molecule has 3 nitrogen and oxygen atoms in total. The maximum Gasteiger partial charge on any atom is 0.166 e. The molecule has 0 unspecified atom stereocenters.